The van der Waals surface area contributed by atoms with E-state index in [1.807, 2.05) is 55.5 Å². The minimum Gasteiger partial charge on any atom is -0.451 e. The smallest absolute Gasteiger partial charge is 0.294 e. The van der Waals surface area contributed by atoms with E-state index in [0.717, 1.165) is 16.7 Å². The lowest BCUT2D eigenvalue weighted by Crippen LogP contribution is -2.51. The van der Waals surface area contributed by atoms with Crippen molar-refractivity contribution in [2.24, 2.45) is 0 Å². The molecule has 2 amide bonds. The van der Waals surface area contributed by atoms with Crippen molar-refractivity contribution in [2.75, 3.05) is 22.6 Å². The number of anilines is 2. The summed E-state index contributed by atoms with van der Waals surface area (Å²) in [5.74, 6) is 0.383. The van der Waals surface area contributed by atoms with Crippen molar-refractivity contribution in [1.82, 2.24) is 0 Å². The minimum absolute atomic E-state index is 0.115. The van der Waals surface area contributed by atoms with Gasteiger partial charge in [-0.1, -0.05) is 48.5 Å². The topological polar surface area (TPSA) is 87.9 Å². The molecule has 0 fully saturated rings. The van der Waals surface area contributed by atoms with Crippen LogP contribution in [0.3, 0.4) is 0 Å². The van der Waals surface area contributed by atoms with E-state index in [2.05, 4.69) is 0 Å². The molecule has 8 heteroatoms. The minimum atomic E-state index is -3.32. The summed E-state index contributed by atoms with van der Waals surface area (Å²) in [4.78, 5) is 29.8. The van der Waals surface area contributed by atoms with E-state index in [1.54, 1.807) is 46.2 Å². The molecule has 0 aliphatic carbocycles. The van der Waals surface area contributed by atoms with Crippen LogP contribution in [0.1, 0.15) is 24.4 Å². The number of sulfone groups is 1. The number of benzene rings is 3. The van der Waals surface area contributed by atoms with E-state index in [-0.39, 0.29) is 28.5 Å². The first-order chi connectivity index (χ1) is 17.6. The molecular weight excluding hydrogens is 488 g/mol. The van der Waals surface area contributed by atoms with Crippen LogP contribution in [-0.2, 0) is 14.6 Å². The molecule has 0 saturated heterocycles. The first-order valence-electron chi connectivity index (χ1n) is 11.8. The molecule has 0 spiro atoms. The van der Waals surface area contributed by atoms with Gasteiger partial charge < -0.3 is 14.2 Å². The van der Waals surface area contributed by atoms with Gasteiger partial charge in [-0.3, -0.25) is 9.59 Å². The highest BCUT2D eigenvalue weighted by Crippen LogP contribution is 2.40. The van der Waals surface area contributed by atoms with Crippen LogP contribution in [0.5, 0.6) is 0 Å². The molecular formula is C29H26N2O5S. The zero-order chi connectivity index (χ0) is 26.3. The quantitative estimate of drug-likeness (QED) is 0.363. The fourth-order valence-electron chi connectivity index (χ4n) is 4.71. The molecule has 7 nitrogen and oxygen atoms in total. The Morgan fingerprint density at radius 3 is 2.16 bits per heavy atom. The second-order valence-corrected chi connectivity index (χ2v) is 11.2. The van der Waals surface area contributed by atoms with Crippen molar-refractivity contribution in [3.8, 4) is 22.5 Å². The van der Waals surface area contributed by atoms with Crippen molar-refractivity contribution < 1.29 is 22.4 Å². The summed E-state index contributed by atoms with van der Waals surface area (Å²) >= 11 is 0. The Labute approximate surface area is 215 Å². The molecule has 1 atom stereocenters. The molecule has 0 radical (unpaired) electrons. The Morgan fingerprint density at radius 2 is 1.51 bits per heavy atom. The number of hydrogen-bond donors (Lipinski definition) is 0. The normalized spacial score (nSPS) is 15.4. The molecule has 3 aromatic carbocycles. The maximum Gasteiger partial charge on any atom is 0.294 e. The van der Waals surface area contributed by atoms with Crippen molar-refractivity contribution in [2.45, 2.75) is 24.8 Å². The van der Waals surface area contributed by atoms with Gasteiger partial charge in [0.1, 0.15) is 5.76 Å². The lowest BCUT2D eigenvalue weighted by molar-refractivity contribution is -0.117. The Kier molecular flexibility index (Phi) is 6.21. The van der Waals surface area contributed by atoms with E-state index in [4.69, 9.17) is 4.42 Å². The third-order valence-corrected chi connectivity index (χ3v) is 7.62. The van der Waals surface area contributed by atoms with Crippen LogP contribution in [0.25, 0.3) is 22.5 Å². The predicted molar refractivity (Wildman–Crippen MR) is 143 cm³/mol. The van der Waals surface area contributed by atoms with Crippen molar-refractivity contribution >= 4 is 33.0 Å². The first-order valence-corrected chi connectivity index (χ1v) is 13.7. The van der Waals surface area contributed by atoms with Gasteiger partial charge in [0.15, 0.2) is 15.6 Å². The lowest BCUT2D eigenvalue weighted by atomic mass is 10.0. The van der Waals surface area contributed by atoms with Gasteiger partial charge in [-0.25, -0.2) is 8.42 Å². The van der Waals surface area contributed by atoms with Crippen molar-refractivity contribution in [1.29, 1.82) is 0 Å². The van der Waals surface area contributed by atoms with Gasteiger partial charge >= 0.3 is 0 Å². The summed E-state index contributed by atoms with van der Waals surface area (Å²) in [5.41, 5.74) is 3.67. The molecule has 1 aromatic heterocycles. The van der Waals surface area contributed by atoms with E-state index >= 15 is 0 Å². The zero-order valence-corrected chi connectivity index (χ0v) is 21.5. The molecule has 2 heterocycles. The predicted octanol–water partition coefficient (Wildman–Crippen LogP) is 5.42. The third kappa shape index (κ3) is 4.68. The summed E-state index contributed by atoms with van der Waals surface area (Å²) in [7, 11) is -3.32. The highest BCUT2D eigenvalue weighted by Gasteiger charge is 2.35. The molecule has 1 aliphatic rings. The fraction of sp³-hybridized carbons (Fsp3) is 0.172. The Morgan fingerprint density at radius 1 is 0.838 bits per heavy atom. The molecule has 188 valence electrons. The van der Waals surface area contributed by atoms with Gasteiger partial charge in [-0.2, -0.15) is 0 Å². The van der Waals surface area contributed by atoms with Crippen LogP contribution < -0.4 is 9.80 Å². The fourth-order valence-corrected chi connectivity index (χ4v) is 5.35. The molecule has 37 heavy (non-hydrogen) atoms. The SMILES string of the molecule is CC(=O)N1c2ccc(-c3ccc(S(C)(=O)=O)cc3)cc2N(C(=O)c2ccc(-c3ccccc3)o2)CC1C. The van der Waals surface area contributed by atoms with Gasteiger partial charge in [0, 0.05) is 25.3 Å². The van der Waals surface area contributed by atoms with Crippen LogP contribution >= 0.6 is 0 Å². The van der Waals surface area contributed by atoms with E-state index in [9.17, 15) is 18.0 Å². The number of furan rings is 1. The largest absolute Gasteiger partial charge is 0.451 e. The van der Waals surface area contributed by atoms with Gasteiger partial charge in [0.25, 0.3) is 5.91 Å². The Hall–Kier alpha value is -4.17. The maximum absolute atomic E-state index is 13.7. The average molecular weight is 515 g/mol. The Balaban J connectivity index is 1.56. The monoisotopic (exact) mass is 514 g/mol. The molecule has 0 N–H and O–H groups in total. The summed E-state index contributed by atoms with van der Waals surface area (Å²) in [6.45, 7) is 3.71. The van der Waals surface area contributed by atoms with E-state index in [1.165, 1.54) is 13.2 Å². The van der Waals surface area contributed by atoms with Crippen molar-refractivity contribution in [3.63, 3.8) is 0 Å². The summed E-state index contributed by atoms with van der Waals surface area (Å²) in [6, 6.07) is 24.9. The van der Waals surface area contributed by atoms with Gasteiger partial charge in [0.2, 0.25) is 5.91 Å². The van der Waals surface area contributed by atoms with Gasteiger partial charge in [0.05, 0.1) is 22.3 Å². The number of amides is 2. The molecule has 0 bridgehead atoms. The number of carbonyl (C=O) groups excluding carboxylic acids is 2. The van der Waals surface area contributed by atoms with E-state index < -0.39 is 9.84 Å². The van der Waals surface area contributed by atoms with Gasteiger partial charge in [-0.15, -0.1) is 0 Å². The summed E-state index contributed by atoms with van der Waals surface area (Å²) < 4.78 is 29.7. The first kappa shape index (κ1) is 24.5. The van der Waals surface area contributed by atoms with E-state index in [0.29, 0.717) is 23.7 Å². The Bertz CT molecular complexity index is 1590. The number of rotatable bonds is 4. The highest BCUT2D eigenvalue weighted by molar-refractivity contribution is 7.90. The average Bonchev–Trinajstić information content (AvgIpc) is 3.38. The molecule has 5 rings (SSSR count). The number of carbonyl (C=O) groups is 2. The zero-order valence-electron chi connectivity index (χ0n) is 20.7. The standard InChI is InChI=1S/C29H26N2O5S/c1-19-18-30(29(33)28-16-15-27(36-28)22-7-5-4-6-8-22)26-17-23(11-14-25(26)31(19)20(2)32)21-9-12-24(13-10-21)37(3,34)35/h4-17,19H,18H2,1-3H3. The lowest BCUT2D eigenvalue weighted by Gasteiger charge is -2.40. The number of nitrogens with zero attached hydrogens (tertiary/aromatic N) is 2. The van der Waals surface area contributed by atoms with Crippen LogP contribution in [0.15, 0.2) is 94.2 Å². The molecule has 1 aliphatic heterocycles. The molecule has 1 unspecified atom stereocenters. The van der Waals surface area contributed by atoms with Crippen molar-refractivity contribution in [3.05, 3.63) is 90.7 Å². The molecule has 4 aromatic rings. The van der Waals surface area contributed by atoms with Crippen LogP contribution in [0.4, 0.5) is 11.4 Å². The van der Waals surface area contributed by atoms with Crippen LogP contribution in [0.2, 0.25) is 0 Å². The highest BCUT2D eigenvalue weighted by atomic mass is 32.2. The maximum atomic E-state index is 13.7. The second kappa shape index (κ2) is 9.37. The van der Waals surface area contributed by atoms with Gasteiger partial charge in [-0.05, 0) is 54.4 Å². The summed E-state index contributed by atoms with van der Waals surface area (Å²) in [6.07, 6.45) is 1.17. The third-order valence-electron chi connectivity index (χ3n) is 6.49. The van der Waals surface area contributed by atoms with Crippen LogP contribution in [-0.4, -0.2) is 39.1 Å². The number of hydrogen-bond acceptors (Lipinski definition) is 5. The summed E-state index contributed by atoms with van der Waals surface area (Å²) in [5, 5.41) is 0. The van der Waals surface area contributed by atoms with Crippen LogP contribution in [0, 0.1) is 0 Å². The number of fused-ring (bicyclic) bond motifs is 1. The second-order valence-electron chi connectivity index (χ2n) is 9.18. The molecule has 0 saturated carbocycles.